The molecule has 2 aromatic heterocycles. The highest BCUT2D eigenvalue weighted by atomic mass is 32.1. The quantitative estimate of drug-likeness (QED) is 0.601. The standard InChI is InChI=1S/C24H22N4O3S/c25-14-18-16-32-22(21(18)26-10-4-5-11-26)23(29)27-12-8-19(9-13-27)28-15-20(31-24(28)30)17-6-2-1-3-7-17/h1-7,10-11,16,19-20H,8-9,12-13,15H2. The van der Waals surface area contributed by atoms with Gasteiger partial charge in [-0.15, -0.1) is 11.3 Å². The topological polar surface area (TPSA) is 78.6 Å². The van der Waals surface area contributed by atoms with Crippen LogP contribution >= 0.6 is 11.3 Å². The fraction of sp³-hybridized carbons (Fsp3) is 0.292. The number of carbonyl (C=O) groups excluding carboxylic acids is 2. The van der Waals surface area contributed by atoms with Gasteiger partial charge >= 0.3 is 6.09 Å². The lowest BCUT2D eigenvalue weighted by atomic mass is 10.0. The molecule has 0 bridgehead atoms. The number of likely N-dealkylation sites (tertiary alicyclic amines) is 1. The van der Waals surface area contributed by atoms with Crippen molar-refractivity contribution in [2.75, 3.05) is 19.6 Å². The van der Waals surface area contributed by atoms with Gasteiger partial charge in [0.2, 0.25) is 0 Å². The minimum Gasteiger partial charge on any atom is -0.439 e. The van der Waals surface area contributed by atoms with Crippen molar-refractivity contribution in [2.24, 2.45) is 0 Å². The fourth-order valence-electron chi connectivity index (χ4n) is 4.47. The number of nitrogens with zero attached hydrogens (tertiary/aromatic N) is 4. The molecule has 7 nitrogen and oxygen atoms in total. The molecule has 2 amide bonds. The fourth-order valence-corrected chi connectivity index (χ4v) is 5.42. The Kier molecular flexibility index (Phi) is 5.41. The van der Waals surface area contributed by atoms with Gasteiger partial charge in [0.15, 0.2) is 0 Å². The Hall–Kier alpha value is -3.57. The van der Waals surface area contributed by atoms with Crippen LogP contribution in [-0.2, 0) is 4.74 Å². The van der Waals surface area contributed by atoms with Gasteiger partial charge in [0.25, 0.3) is 5.91 Å². The van der Waals surface area contributed by atoms with Crippen LogP contribution in [0.3, 0.4) is 0 Å². The van der Waals surface area contributed by atoms with Crippen LogP contribution in [0.1, 0.15) is 39.7 Å². The molecule has 3 aromatic rings. The maximum atomic E-state index is 13.3. The zero-order chi connectivity index (χ0) is 22.1. The van der Waals surface area contributed by atoms with E-state index in [1.54, 1.807) is 5.38 Å². The number of hydrogen-bond acceptors (Lipinski definition) is 5. The Morgan fingerprint density at radius 3 is 2.50 bits per heavy atom. The van der Waals surface area contributed by atoms with Crippen molar-refractivity contribution in [3.63, 3.8) is 0 Å². The highest BCUT2D eigenvalue weighted by Crippen LogP contribution is 2.32. The van der Waals surface area contributed by atoms with Gasteiger partial charge < -0.3 is 19.1 Å². The van der Waals surface area contributed by atoms with Gasteiger partial charge in [0.05, 0.1) is 17.8 Å². The lowest BCUT2D eigenvalue weighted by Crippen LogP contribution is -2.47. The van der Waals surface area contributed by atoms with Crippen molar-refractivity contribution in [3.05, 3.63) is 76.2 Å². The monoisotopic (exact) mass is 446 g/mol. The summed E-state index contributed by atoms with van der Waals surface area (Å²) in [7, 11) is 0. The second-order valence-electron chi connectivity index (χ2n) is 7.99. The number of ether oxygens (including phenoxy) is 1. The number of carbonyl (C=O) groups is 2. The van der Waals surface area contributed by atoms with Gasteiger partial charge in [-0.05, 0) is 30.5 Å². The molecule has 0 aliphatic carbocycles. The van der Waals surface area contributed by atoms with Gasteiger partial charge in [-0.1, -0.05) is 30.3 Å². The van der Waals surface area contributed by atoms with Gasteiger partial charge in [0.1, 0.15) is 17.1 Å². The molecular formula is C24H22N4O3S. The van der Waals surface area contributed by atoms with Crippen LogP contribution in [-0.4, -0.2) is 52.0 Å². The highest BCUT2D eigenvalue weighted by Gasteiger charge is 2.39. The summed E-state index contributed by atoms with van der Waals surface area (Å²) in [6.45, 7) is 1.66. The maximum absolute atomic E-state index is 13.3. The van der Waals surface area contributed by atoms with Crippen LogP contribution in [0, 0.1) is 11.3 Å². The summed E-state index contributed by atoms with van der Waals surface area (Å²) >= 11 is 1.31. The van der Waals surface area contributed by atoms with Crippen LogP contribution in [0.4, 0.5) is 4.79 Å². The number of cyclic esters (lactones) is 1. The Morgan fingerprint density at radius 1 is 1.09 bits per heavy atom. The number of piperidine rings is 1. The molecule has 162 valence electrons. The maximum Gasteiger partial charge on any atom is 0.410 e. The molecule has 1 unspecified atom stereocenters. The summed E-state index contributed by atoms with van der Waals surface area (Å²) in [4.78, 5) is 30.0. The van der Waals surface area contributed by atoms with Gasteiger partial charge in [-0.2, -0.15) is 5.26 Å². The summed E-state index contributed by atoms with van der Waals surface area (Å²) in [5.74, 6) is -0.0650. The van der Waals surface area contributed by atoms with Crippen molar-refractivity contribution in [2.45, 2.75) is 25.0 Å². The second kappa shape index (κ2) is 8.52. The van der Waals surface area contributed by atoms with Gasteiger partial charge in [-0.25, -0.2) is 4.79 Å². The summed E-state index contributed by atoms with van der Waals surface area (Å²) < 4.78 is 7.42. The number of nitriles is 1. The van der Waals surface area contributed by atoms with Crippen LogP contribution in [0.2, 0.25) is 0 Å². The van der Waals surface area contributed by atoms with E-state index in [1.807, 2.05) is 69.2 Å². The summed E-state index contributed by atoms with van der Waals surface area (Å²) in [5, 5.41) is 11.2. The van der Waals surface area contributed by atoms with Gasteiger partial charge in [-0.3, -0.25) is 4.79 Å². The van der Waals surface area contributed by atoms with E-state index in [2.05, 4.69) is 6.07 Å². The minimum absolute atomic E-state index is 0.0576. The molecule has 2 aliphatic rings. The molecule has 0 N–H and O–H groups in total. The lowest BCUT2D eigenvalue weighted by Gasteiger charge is -2.35. The summed E-state index contributed by atoms with van der Waals surface area (Å²) in [6.07, 6.45) is 4.57. The molecule has 1 atom stereocenters. The van der Waals surface area contributed by atoms with Crippen molar-refractivity contribution >= 4 is 23.3 Å². The zero-order valence-electron chi connectivity index (χ0n) is 17.4. The van der Waals surface area contributed by atoms with E-state index in [0.29, 0.717) is 48.6 Å². The third kappa shape index (κ3) is 3.65. The molecule has 5 rings (SSSR count). The third-order valence-corrected chi connectivity index (χ3v) is 7.10. The van der Waals surface area contributed by atoms with E-state index < -0.39 is 0 Å². The molecule has 2 fully saturated rings. The smallest absolute Gasteiger partial charge is 0.410 e. The van der Waals surface area contributed by atoms with Crippen LogP contribution in [0.5, 0.6) is 0 Å². The van der Waals surface area contributed by atoms with Crippen LogP contribution in [0.25, 0.3) is 5.69 Å². The average molecular weight is 447 g/mol. The first-order valence-electron chi connectivity index (χ1n) is 10.6. The zero-order valence-corrected chi connectivity index (χ0v) is 18.2. The molecule has 32 heavy (non-hydrogen) atoms. The number of hydrogen-bond donors (Lipinski definition) is 0. The summed E-state index contributed by atoms with van der Waals surface area (Å²) in [6, 6.07) is 15.8. The second-order valence-corrected chi connectivity index (χ2v) is 8.87. The number of rotatable bonds is 4. The first-order valence-corrected chi connectivity index (χ1v) is 11.5. The lowest BCUT2D eigenvalue weighted by molar-refractivity contribution is 0.0663. The predicted molar refractivity (Wildman–Crippen MR) is 120 cm³/mol. The molecule has 2 aliphatic heterocycles. The van der Waals surface area contributed by atoms with Crippen molar-refractivity contribution in [3.8, 4) is 11.8 Å². The molecule has 1 aromatic carbocycles. The van der Waals surface area contributed by atoms with Crippen molar-refractivity contribution in [1.29, 1.82) is 5.26 Å². The van der Waals surface area contributed by atoms with Crippen molar-refractivity contribution in [1.82, 2.24) is 14.4 Å². The first-order chi connectivity index (χ1) is 15.7. The number of benzene rings is 1. The van der Waals surface area contributed by atoms with E-state index in [9.17, 15) is 14.9 Å². The molecule has 0 spiro atoms. The van der Waals surface area contributed by atoms with E-state index >= 15 is 0 Å². The third-order valence-electron chi connectivity index (χ3n) is 6.15. The van der Waals surface area contributed by atoms with Crippen molar-refractivity contribution < 1.29 is 14.3 Å². The average Bonchev–Trinajstić information content (AvgIpc) is 3.58. The predicted octanol–water partition coefficient (Wildman–Crippen LogP) is 4.21. The molecule has 0 radical (unpaired) electrons. The van der Waals surface area contributed by atoms with E-state index in [1.165, 1.54) is 11.3 Å². The molecular weight excluding hydrogens is 424 g/mol. The Bertz CT molecular complexity index is 1160. The normalized spacial score (nSPS) is 19.1. The molecule has 2 saturated heterocycles. The van der Waals surface area contributed by atoms with E-state index in [-0.39, 0.29) is 24.1 Å². The first kappa shape index (κ1) is 20.3. The molecule has 0 saturated carbocycles. The minimum atomic E-state index is -0.282. The SMILES string of the molecule is N#Cc1csc(C(=O)N2CCC(N3CC(c4ccccc4)OC3=O)CC2)c1-n1cccc1. The Balaban J connectivity index is 1.26. The van der Waals surface area contributed by atoms with Gasteiger partial charge in [0, 0.05) is 36.9 Å². The molecule has 4 heterocycles. The summed E-state index contributed by atoms with van der Waals surface area (Å²) in [5.41, 5.74) is 2.14. The van der Waals surface area contributed by atoms with E-state index in [4.69, 9.17) is 4.74 Å². The number of aromatic nitrogens is 1. The number of thiophene rings is 1. The molecule has 8 heteroatoms. The van der Waals surface area contributed by atoms with Crippen LogP contribution in [0.15, 0.2) is 60.2 Å². The van der Waals surface area contributed by atoms with Crippen LogP contribution < -0.4 is 0 Å². The van der Waals surface area contributed by atoms with E-state index in [0.717, 1.165) is 5.56 Å². The number of amides is 2. The Morgan fingerprint density at radius 2 is 1.81 bits per heavy atom. The Labute approximate surface area is 190 Å². The largest absolute Gasteiger partial charge is 0.439 e. The highest BCUT2D eigenvalue weighted by molar-refractivity contribution is 7.12.